The molecule has 0 unspecified atom stereocenters. The van der Waals surface area contributed by atoms with Crippen LogP contribution in [-0.4, -0.2) is 64.9 Å². The summed E-state index contributed by atoms with van der Waals surface area (Å²) in [6.07, 6.45) is 10.5. The minimum absolute atomic E-state index is 0.0951. The van der Waals surface area contributed by atoms with E-state index in [1.54, 1.807) is 6.20 Å². The SMILES string of the molecule is Cc1cccnc1C(=O)NC[C@@H]1CC[C@H](CC(=O)N2CCCCC2)N1CC1CC1. The molecule has 2 atom stereocenters. The van der Waals surface area contributed by atoms with Gasteiger partial charge in [0.05, 0.1) is 0 Å². The topological polar surface area (TPSA) is 65.5 Å². The molecule has 1 aromatic rings. The van der Waals surface area contributed by atoms with Gasteiger partial charge in [-0.25, -0.2) is 0 Å². The minimum Gasteiger partial charge on any atom is -0.349 e. The molecule has 3 fully saturated rings. The Labute approximate surface area is 174 Å². The first kappa shape index (κ1) is 20.3. The van der Waals surface area contributed by atoms with Crippen LogP contribution in [0.15, 0.2) is 18.3 Å². The van der Waals surface area contributed by atoms with E-state index in [1.165, 1.54) is 19.3 Å². The summed E-state index contributed by atoms with van der Waals surface area (Å²) >= 11 is 0. The highest BCUT2D eigenvalue weighted by atomic mass is 16.2. The number of aryl methyl sites for hydroxylation is 1. The first-order valence-corrected chi connectivity index (χ1v) is 11.3. The molecule has 0 aromatic carbocycles. The van der Waals surface area contributed by atoms with Gasteiger partial charge in [0.1, 0.15) is 5.69 Å². The number of pyridine rings is 1. The Kier molecular flexibility index (Phi) is 6.48. The van der Waals surface area contributed by atoms with Crippen LogP contribution in [0.2, 0.25) is 0 Å². The number of piperidine rings is 1. The van der Waals surface area contributed by atoms with Crippen LogP contribution >= 0.6 is 0 Å². The van der Waals surface area contributed by atoms with Crippen molar-refractivity contribution in [2.24, 2.45) is 5.92 Å². The number of rotatable bonds is 7. The van der Waals surface area contributed by atoms with Crippen LogP contribution in [0.3, 0.4) is 0 Å². The van der Waals surface area contributed by atoms with E-state index in [1.807, 2.05) is 19.1 Å². The Hall–Kier alpha value is -1.95. The Morgan fingerprint density at radius 3 is 2.59 bits per heavy atom. The van der Waals surface area contributed by atoms with Gasteiger partial charge in [0, 0.05) is 50.9 Å². The lowest BCUT2D eigenvalue weighted by Crippen LogP contribution is -2.46. The van der Waals surface area contributed by atoms with Crippen LogP contribution in [0.1, 0.15) is 67.4 Å². The van der Waals surface area contributed by atoms with Crippen LogP contribution in [0.4, 0.5) is 0 Å². The van der Waals surface area contributed by atoms with E-state index in [9.17, 15) is 9.59 Å². The van der Waals surface area contributed by atoms with Gasteiger partial charge in [-0.15, -0.1) is 0 Å². The van der Waals surface area contributed by atoms with Crippen molar-refractivity contribution in [3.05, 3.63) is 29.6 Å². The molecule has 3 heterocycles. The monoisotopic (exact) mass is 398 g/mol. The van der Waals surface area contributed by atoms with E-state index < -0.39 is 0 Å². The highest BCUT2D eigenvalue weighted by molar-refractivity contribution is 5.93. The zero-order chi connectivity index (χ0) is 20.2. The van der Waals surface area contributed by atoms with Crippen LogP contribution in [0.25, 0.3) is 0 Å². The maximum absolute atomic E-state index is 12.8. The molecule has 0 spiro atoms. The summed E-state index contributed by atoms with van der Waals surface area (Å²) in [5.41, 5.74) is 1.41. The van der Waals surface area contributed by atoms with Crippen molar-refractivity contribution in [2.75, 3.05) is 26.2 Å². The first-order valence-electron chi connectivity index (χ1n) is 11.3. The van der Waals surface area contributed by atoms with E-state index >= 15 is 0 Å². The van der Waals surface area contributed by atoms with Gasteiger partial charge in [-0.1, -0.05) is 6.07 Å². The molecule has 29 heavy (non-hydrogen) atoms. The predicted molar refractivity (Wildman–Crippen MR) is 113 cm³/mol. The molecule has 1 N–H and O–H groups in total. The zero-order valence-electron chi connectivity index (χ0n) is 17.6. The third-order valence-corrected chi connectivity index (χ3v) is 6.78. The lowest BCUT2D eigenvalue weighted by molar-refractivity contribution is -0.133. The average Bonchev–Trinajstić information content (AvgIpc) is 3.49. The van der Waals surface area contributed by atoms with Crippen LogP contribution in [0, 0.1) is 12.8 Å². The number of carbonyl (C=O) groups excluding carboxylic acids is 2. The lowest BCUT2D eigenvalue weighted by Gasteiger charge is -2.33. The van der Waals surface area contributed by atoms with Gasteiger partial charge in [0.25, 0.3) is 5.91 Å². The van der Waals surface area contributed by atoms with Crippen molar-refractivity contribution in [1.82, 2.24) is 20.1 Å². The van der Waals surface area contributed by atoms with Crippen LogP contribution in [-0.2, 0) is 4.79 Å². The van der Waals surface area contributed by atoms with Crippen LogP contribution < -0.4 is 5.32 Å². The van der Waals surface area contributed by atoms with Gasteiger partial charge in [-0.05, 0) is 69.4 Å². The number of hydrogen-bond acceptors (Lipinski definition) is 4. The predicted octanol–water partition coefficient (Wildman–Crippen LogP) is 2.77. The van der Waals surface area contributed by atoms with Crippen LogP contribution in [0.5, 0.6) is 0 Å². The van der Waals surface area contributed by atoms with Crippen molar-refractivity contribution in [1.29, 1.82) is 0 Å². The van der Waals surface area contributed by atoms with E-state index in [0.717, 1.165) is 56.8 Å². The van der Waals surface area contributed by atoms with Gasteiger partial charge in [0.15, 0.2) is 0 Å². The smallest absolute Gasteiger partial charge is 0.270 e. The number of nitrogens with zero attached hydrogens (tertiary/aromatic N) is 3. The van der Waals surface area contributed by atoms with Gasteiger partial charge >= 0.3 is 0 Å². The number of nitrogens with one attached hydrogen (secondary N) is 1. The first-order chi connectivity index (χ1) is 14.1. The van der Waals surface area contributed by atoms with Crippen molar-refractivity contribution < 1.29 is 9.59 Å². The molecule has 1 aliphatic carbocycles. The summed E-state index contributed by atoms with van der Waals surface area (Å²) in [6.45, 7) is 5.48. The Morgan fingerprint density at radius 2 is 1.86 bits per heavy atom. The van der Waals surface area contributed by atoms with Crippen molar-refractivity contribution >= 4 is 11.8 Å². The summed E-state index contributed by atoms with van der Waals surface area (Å²) in [5, 5.41) is 3.10. The summed E-state index contributed by atoms with van der Waals surface area (Å²) < 4.78 is 0. The fraction of sp³-hybridized carbons (Fsp3) is 0.696. The summed E-state index contributed by atoms with van der Waals surface area (Å²) in [6, 6.07) is 4.41. The van der Waals surface area contributed by atoms with Crippen molar-refractivity contribution in [3.8, 4) is 0 Å². The molecule has 6 nitrogen and oxygen atoms in total. The summed E-state index contributed by atoms with van der Waals surface area (Å²) in [4.78, 5) is 34.2. The second-order valence-corrected chi connectivity index (χ2v) is 9.05. The maximum atomic E-state index is 12.8. The third-order valence-electron chi connectivity index (χ3n) is 6.78. The Bertz CT molecular complexity index is 727. The van der Waals surface area contributed by atoms with E-state index in [4.69, 9.17) is 0 Å². The second kappa shape index (κ2) is 9.24. The molecular formula is C23H34N4O2. The lowest BCUT2D eigenvalue weighted by atomic mass is 10.1. The largest absolute Gasteiger partial charge is 0.349 e. The quantitative estimate of drug-likeness (QED) is 0.767. The summed E-state index contributed by atoms with van der Waals surface area (Å²) in [7, 11) is 0. The molecular weight excluding hydrogens is 364 g/mol. The van der Waals surface area contributed by atoms with Gasteiger partial charge < -0.3 is 10.2 Å². The number of likely N-dealkylation sites (tertiary alicyclic amines) is 2. The third kappa shape index (κ3) is 5.16. The van der Waals surface area contributed by atoms with Gasteiger partial charge in [-0.2, -0.15) is 0 Å². The molecule has 1 saturated carbocycles. The second-order valence-electron chi connectivity index (χ2n) is 9.05. The molecule has 4 rings (SSSR count). The molecule has 0 radical (unpaired) electrons. The Morgan fingerprint density at radius 1 is 1.10 bits per heavy atom. The fourth-order valence-electron chi connectivity index (χ4n) is 4.84. The molecule has 2 amide bonds. The maximum Gasteiger partial charge on any atom is 0.270 e. The molecule has 1 aromatic heterocycles. The minimum atomic E-state index is -0.0951. The summed E-state index contributed by atoms with van der Waals surface area (Å²) in [5.74, 6) is 1.00. The molecule has 3 aliphatic rings. The van der Waals surface area contributed by atoms with Gasteiger partial charge in [0.2, 0.25) is 5.91 Å². The molecule has 0 bridgehead atoms. The van der Waals surface area contributed by atoms with E-state index in [0.29, 0.717) is 36.7 Å². The van der Waals surface area contributed by atoms with Crippen molar-refractivity contribution in [3.63, 3.8) is 0 Å². The number of hydrogen-bond donors (Lipinski definition) is 1. The van der Waals surface area contributed by atoms with E-state index in [2.05, 4.69) is 20.1 Å². The van der Waals surface area contributed by atoms with Gasteiger partial charge in [-0.3, -0.25) is 19.5 Å². The molecule has 6 heteroatoms. The van der Waals surface area contributed by atoms with E-state index in [-0.39, 0.29) is 5.91 Å². The zero-order valence-corrected chi connectivity index (χ0v) is 17.6. The average molecular weight is 399 g/mol. The Balaban J connectivity index is 1.34. The highest BCUT2D eigenvalue weighted by Gasteiger charge is 2.38. The number of aromatic nitrogens is 1. The number of amides is 2. The van der Waals surface area contributed by atoms with Crippen molar-refractivity contribution in [2.45, 2.75) is 70.4 Å². The standard InChI is InChI=1S/C23H34N4O2/c1-17-6-5-11-24-22(17)23(29)25-15-20-10-9-19(27(20)16-18-7-8-18)14-21(28)26-12-3-2-4-13-26/h5-6,11,18-20H,2-4,7-10,12-16H2,1H3,(H,25,29)/t19-,20+/m1/s1. The molecule has 2 saturated heterocycles. The highest BCUT2D eigenvalue weighted by Crippen LogP contribution is 2.35. The molecule has 158 valence electrons. The normalized spacial score (nSPS) is 25.2. The fourth-order valence-corrected chi connectivity index (χ4v) is 4.84. The molecule has 2 aliphatic heterocycles. The number of carbonyl (C=O) groups is 2.